The summed E-state index contributed by atoms with van der Waals surface area (Å²) < 4.78 is 0. The molecule has 3 heteroatoms. The van der Waals surface area contributed by atoms with E-state index in [9.17, 15) is 9.90 Å². The minimum absolute atomic E-state index is 0. The summed E-state index contributed by atoms with van der Waals surface area (Å²) in [5, 5.41) is 12.4. The maximum absolute atomic E-state index is 12.4. The average Bonchev–Trinajstić information content (AvgIpc) is 2.56. The Morgan fingerprint density at radius 1 is 0.920 bits per heavy atom. The number of rotatable bonds is 3. The van der Waals surface area contributed by atoms with Gasteiger partial charge in [0.2, 0.25) is 0 Å². The maximum atomic E-state index is 12.4. The molecule has 2 aromatic rings. The summed E-state index contributed by atoms with van der Waals surface area (Å²) in [6.07, 6.45) is 1.99. The second-order valence-corrected chi connectivity index (χ2v) is 6.47. The van der Waals surface area contributed by atoms with E-state index in [2.05, 4.69) is 0 Å². The number of hydrogen-bond donors (Lipinski definition) is 0. The lowest BCUT2D eigenvalue weighted by atomic mass is 9.60. The van der Waals surface area contributed by atoms with Crippen molar-refractivity contribution in [3.8, 4) is 0 Å². The highest BCUT2D eigenvalue weighted by Crippen LogP contribution is 2.50. The van der Waals surface area contributed by atoms with Crippen molar-refractivity contribution in [2.24, 2.45) is 5.92 Å². The van der Waals surface area contributed by atoms with Crippen LogP contribution in [0.5, 0.6) is 0 Å². The Kier molecular flexibility index (Phi) is 5.65. The van der Waals surface area contributed by atoms with Gasteiger partial charge in [0.25, 0.3) is 0 Å². The molecular formula is C22H24O2P. The standard InChI is InChI=1S/C22H21O2.H3P/c1-15-14-16(2)22(21(23)24,19-12-8-5-9-13-19)17(3)20(15)18-10-6-4-7-11-18;/h4-14,17H,1-3H3;1H3. The lowest BCUT2D eigenvalue weighted by Gasteiger charge is -2.41. The smallest absolute Gasteiger partial charge is 0.246 e. The first-order valence-electron chi connectivity index (χ1n) is 8.21. The highest BCUT2D eigenvalue weighted by Gasteiger charge is 2.51. The van der Waals surface area contributed by atoms with Crippen LogP contribution in [0.4, 0.5) is 0 Å². The van der Waals surface area contributed by atoms with Gasteiger partial charge in [0.05, 0.1) is 0 Å². The monoisotopic (exact) mass is 351 g/mol. The van der Waals surface area contributed by atoms with Gasteiger partial charge in [-0.05, 0) is 36.1 Å². The van der Waals surface area contributed by atoms with Gasteiger partial charge in [-0.15, -0.1) is 0 Å². The van der Waals surface area contributed by atoms with Gasteiger partial charge in [-0.25, -0.2) is 9.90 Å². The number of allylic oxidation sites excluding steroid dienone is 3. The third-order valence-electron chi connectivity index (χ3n) is 5.20. The van der Waals surface area contributed by atoms with Crippen molar-refractivity contribution in [1.29, 1.82) is 0 Å². The fraction of sp³-hybridized carbons (Fsp3) is 0.227. The van der Waals surface area contributed by atoms with Crippen LogP contribution in [-0.2, 0) is 15.3 Å². The molecule has 0 aromatic heterocycles. The Balaban J connectivity index is 0.00000225. The molecule has 25 heavy (non-hydrogen) atoms. The predicted molar refractivity (Wildman–Crippen MR) is 107 cm³/mol. The van der Waals surface area contributed by atoms with Crippen molar-refractivity contribution < 1.29 is 9.90 Å². The van der Waals surface area contributed by atoms with Gasteiger partial charge in [-0.2, -0.15) is 9.90 Å². The first-order chi connectivity index (χ1) is 11.5. The van der Waals surface area contributed by atoms with Crippen LogP contribution in [0.2, 0.25) is 0 Å². The lowest BCUT2D eigenvalue weighted by Crippen LogP contribution is -2.44. The topological polar surface area (TPSA) is 37.0 Å². The molecule has 1 radical (unpaired) electrons. The largest absolute Gasteiger partial charge is 0.370 e. The van der Waals surface area contributed by atoms with Crippen LogP contribution < -0.4 is 0 Å². The summed E-state index contributed by atoms with van der Waals surface area (Å²) in [6, 6.07) is 19.4. The van der Waals surface area contributed by atoms with E-state index in [0.29, 0.717) is 0 Å². The zero-order chi connectivity index (χ0) is 17.3. The average molecular weight is 351 g/mol. The second kappa shape index (κ2) is 7.37. The molecule has 0 heterocycles. The highest BCUT2D eigenvalue weighted by atomic mass is 31.0. The molecule has 2 aromatic carbocycles. The number of benzene rings is 2. The zero-order valence-corrected chi connectivity index (χ0v) is 16.4. The number of carbonyl (C=O) groups is 1. The molecule has 0 bridgehead atoms. The first-order valence-corrected chi connectivity index (χ1v) is 8.21. The van der Waals surface area contributed by atoms with E-state index in [4.69, 9.17) is 0 Å². The van der Waals surface area contributed by atoms with Crippen LogP contribution in [0.3, 0.4) is 0 Å². The van der Waals surface area contributed by atoms with E-state index in [1.165, 1.54) is 0 Å². The summed E-state index contributed by atoms with van der Waals surface area (Å²) in [4.78, 5) is 12.4. The molecule has 0 saturated carbocycles. The summed E-state index contributed by atoms with van der Waals surface area (Å²) in [7, 11) is 0. The van der Waals surface area contributed by atoms with E-state index in [-0.39, 0.29) is 15.8 Å². The molecule has 1 aliphatic carbocycles. The highest BCUT2D eigenvalue weighted by molar-refractivity contribution is 6.92. The molecule has 0 fully saturated rings. The van der Waals surface area contributed by atoms with E-state index in [1.807, 2.05) is 87.5 Å². The first kappa shape index (κ1) is 19.1. The van der Waals surface area contributed by atoms with Crippen LogP contribution in [0.15, 0.2) is 77.9 Å². The molecule has 3 atom stereocenters. The van der Waals surface area contributed by atoms with E-state index >= 15 is 0 Å². The Labute approximate surface area is 152 Å². The lowest BCUT2D eigenvalue weighted by molar-refractivity contribution is -0.149. The van der Waals surface area contributed by atoms with Crippen molar-refractivity contribution >= 4 is 21.4 Å². The normalized spacial score (nSPS) is 22.8. The van der Waals surface area contributed by atoms with Crippen LogP contribution in [-0.4, -0.2) is 5.97 Å². The molecule has 0 N–H and O–H groups in total. The Bertz CT molecular complexity index is 822. The molecule has 0 spiro atoms. The van der Waals surface area contributed by atoms with Gasteiger partial charge in [0, 0.05) is 5.92 Å². The second-order valence-electron chi connectivity index (χ2n) is 6.47. The number of carbonyl (C=O) groups excluding carboxylic acids is 1. The summed E-state index contributed by atoms with van der Waals surface area (Å²) in [5.74, 6) is -1.27. The summed E-state index contributed by atoms with van der Waals surface area (Å²) >= 11 is 0. The molecule has 129 valence electrons. The van der Waals surface area contributed by atoms with E-state index < -0.39 is 11.4 Å². The molecule has 0 aliphatic heterocycles. The van der Waals surface area contributed by atoms with E-state index in [0.717, 1.165) is 27.8 Å². The SMILES string of the molecule is CC1=CC(C)=C(c2ccccc2)C(C)C1(C([O])=O)c1ccccc1.P. The Hall–Kier alpha value is -2.18. The fourth-order valence-corrected chi connectivity index (χ4v) is 4.15. The van der Waals surface area contributed by atoms with Gasteiger partial charge in [-0.1, -0.05) is 79.2 Å². The molecular weight excluding hydrogens is 327 g/mol. The van der Waals surface area contributed by atoms with Crippen LogP contribution in [0.1, 0.15) is 31.9 Å². The quantitative estimate of drug-likeness (QED) is 0.716. The summed E-state index contributed by atoms with van der Waals surface area (Å²) in [6.45, 7) is 5.93. The third kappa shape index (κ3) is 2.96. The van der Waals surface area contributed by atoms with Crippen molar-refractivity contribution in [3.05, 3.63) is 89.0 Å². The third-order valence-corrected chi connectivity index (χ3v) is 5.20. The van der Waals surface area contributed by atoms with Gasteiger partial charge in [-0.3, -0.25) is 0 Å². The molecule has 1 aliphatic rings. The van der Waals surface area contributed by atoms with Crippen molar-refractivity contribution in [2.75, 3.05) is 0 Å². The van der Waals surface area contributed by atoms with Crippen LogP contribution in [0, 0.1) is 5.92 Å². The molecule has 0 saturated heterocycles. The van der Waals surface area contributed by atoms with Gasteiger partial charge >= 0.3 is 5.97 Å². The molecule has 3 unspecified atom stereocenters. The van der Waals surface area contributed by atoms with Crippen LogP contribution >= 0.6 is 9.90 Å². The Morgan fingerprint density at radius 3 is 1.96 bits per heavy atom. The maximum Gasteiger partial charge on any atom is 0.370 e. The number of hydrogen-bond acceptors (Lipinski definition) is 1. The summed E-state index contributed by atoms with van der Waals surface area (Å²) in [5.41, 5.74) is 3.68. The molecule has 0 amide bonds. The fourth-order valence-electron chi connectivity index (χ4n) is 4.15. The van der Waals surface area contributed by atoms with Gasteiger partial charge in [0.1, 0.15) is 5.41 Å². The Morgan fingerprint density at radius 2 is 1.44 bits per heavy atom. The zero-order valence-electron chi connectivity index (χ0n) is 15.0. The minimum Gasteiger partial charge on any atom is -0.246 e. The van der Waals surface area contributed by atoms with Crippen molar-refractivity contribution in [1.82, 2.24) is 0 Å². The molecule has 3 rings (SSSR count). The van der Waals surface area contributed by atoms with Gasteiger partial charge < -0.3 is 0 Å². The minimum atomic E-state index is -1.15. The van der Waals surface area contributed by atoms with Crippen LogP contribution in [0.25, 0.3) is 5.57 Å². The molecule has 2 nitrogen and oxygen atoms in total. The van der Waals surface area contributed by atoms with E-state index in [1.54, 1.807) is 0 Å². The van der Waals surface area contributed by atoms with Crippen molar-refractivity contribution in [2.45, 2.75) is 26.2 Å². The predicted octanol–water partition coefficient (Wildman–Crippen LogP) is 5.01. The van der Waals surface area contributed by atoms with Gasteiger partial charge in [0.15, 0.2) is 0 Å². The van der Waals surface area contributed by atoms with Crippen molar-refractivity contribution in [3.63, 3.8) is 0 Å².